The van der Waals surface area contributed by atoms with E-state index in [1.807, 2.05) is 42.5 Å². The van der Waals surface area contributed by atoms with Gasteiger partial charge >= 0.3 is 0 Å². The van der Waals surface area contributed by atoms with Crippen molar-refractivity contribution in [3.63, 3.8) is 0 Å². The van der Waals surface area contributed by atoms with E-state index in [0.717, 1.165) is 16.3 Å². The van der Waals surface area contributed by atoms with Crippen molar-refractivity contribution in [1.82, 2.24) is 0 Å². The van der Waals surface area contributed by atoms with Crippen molar-refractivity contribution in [3.8, 4) is 0 Å². The lowest BCUT2D eigenvalue weighted by atomic mass is 9.74. The van der Waals surface area contributed by atoms with Gasteiger partial charge in [0.2, 0.25) is 0 Å². The third-order valence-corrected chi connectivity index (χ3v) is 4.92. The highest BCUT2D eigenvalue weighted by Crippen LogP contribution is 2.40. The largest absolute Gasteiger partial charge is 0.300 e. The molecule has 1 aliphatic rings. The molecule has 2 aromatic carbocycles. The Morgan fingerprint density at radius 3 is 2.35 bits per heavy atom. The molecule has 118 valence electrons. The van der Waals surface area contributed by atoms with Crippen LogP contribution in [0, 0.1) is 5.41 Å². The fourth-order valence-corrected chi connectivity index (χ4v) is 3.59. The van der Waals surface area contributed by atoms with Crippen LogP contribution in [0.25, 0.3) is 10.8 Å². The van der Waals surface area contributed by atoms with Crippen LogP contribution in [0.2, 0.25) is 0 Å². The molecule has 0 amide bonds. The van der Waals surface area contributed by atoms with Crippen molar-refractivity contribution in [1.29, 1.82) is 0 Å². The SMILES string of the molecule is CC(=O)CCC1(Cc2cccc3ccccc23)C(=O)CCC1=O. The van der Waals surface area contributed by atoms with E-state index in [1.54, 1.807) is 0 Å². The van der Waals surface area contributed by atoms with Gasteiger partial charge in [-0.15, -0.1) is 0 Å². The molecule has 0 bridgehead atoms. The number of rotatable bonds is 5. The van der Waals surface area contributed by atoms with Crippen molar-refractivity contribution in [2.24, 2.45) is 5.41 Å². The van der Waals surface area contributed by atoms with Gasteiger partial charge in [-0.25, -0.2) is 0 Å². The number of hydrogen-bond acceptors (Lipinski definition) is 3. The van der Waals surface area contributed by atoms with Crippen LogP contribution in [0.15, 0.2) is 42.5 Å². The second kappa shape index (κ2) is 6.07. The maximum Gasteiger partial charge on any atom is 0.147 e. The number of benzene rings is 2. The Balaban J connectivity index is 2.02. The highest BCUT2D eigenvalue weighted by atomic mass is 16.2. The molecule has 23 heavy (non-hydrogen) atoms. The second-order valence-corrected chi connectivity index (χ2v) is 6.45. The van der Waals surface area contributed by atoms with Gasteiger partial charge in [0.05, 0.1) is 5.41 Å². The van der Waals surface area contributed by atoms with E-state index in [1.165, 1.54) is 6.92 Å². The molecule has 3 rings (SSSR count). The summed E-state index contributed by atoms with van der Waals surface area (Å²) in [6.45, 7) is 1.51. The van der Waals surface area contributed by atoms with Gasteiger partial charge in [-0.2, -0.15) is 0 Å². The Bertz CT molecular complexity index is 767. The first kappa shape index (κ1) is 15.6. The molecule has 3 nitrogen and oxygen atoms in total. The molecule has 0 atom stereocenters. The molecule has 0 saturated heterocycles. The van der Waals surface area contributed by atoms with Gasteiger partial charge < -0.3 is 4.79 Å². The summed E-state index contributed by atoms with van der Waals surface area (Å²) >= 11 is 0. The Labute approximate surface area is 135 Å². The first-order chi connectivity index (χ1) is 11.0. The molecule has 0 heterocycles. The van der Waals surface area contributed by atoms with Crippen LogP contribution in [0.1, 0.15) is 38.2 Å². The van der Waals surface area contributed by atoms with Crippen molar-refractivity contribution in [3.05, 3.63) is 48.0 Å². The molecular weight excluding hydrogens is 288 g/mol. The third kappa shape index (κ3) is 2.83. The molecule has 0 radical (unpaired) electrons. The zero-order chi connectivity index (χ0) is 16.4. The van der Waals surface area contributed by atoms with Crippen LogP contribution in [0.5, 0.6) is 0 Å². The van der Waals surface area contributed by atoms with Crippen LogP contribution < -0.4 is 0 Å². The third-order valence-electron chi connectivity index (χ3n) is 4.92. The molecular formula is C20H20O3. The molecule has 3 heteroatoms. The highest BCUT2D eigenvalue weighted by Gasteiger charge is 2.48. The van der Waals surface area contributed by atoms with E-state index >= 15 is 0 Å². The van der Waals surface area contributed by atoms with E-state index in [4.69, 9.17) is 0 Å². The number of ketones is 3. The van der Waals surface area contributed by atoms with Gasteiger partial charge in [0.15, 0.2) is 0 Å². The lowest BCUT2D eigenvalue weighted by Crippen LogP contribution is -2.36. The fraction of sp³-hybridized carbons (Fsp3) is 0.350. The summed E-state index contributed by atoms with van der Waals surface area (Å²) in [6, 6.07) is 14.0. The fourth-order valence-electron chi connectivity index (χ4n) is 3.59. The lowest BCUT2D eigenvalue weighted by molar-refractivity contribution is -0.135. The molecule has 0 aromatic heterocycles. The Hall–Kier alpha value is -2.29. The molecule has 2 aromatic rings. The summed E-state index contributed by atoms with van der Waals surface area (Å²) in [6.07, 6.45) is 1.63. The van der Waals surface area contributed by atoms with Crippen LogP contribution in [0.3, 0.4) is 0 Å². The standard InChI is InChI=1S/C20H20O3/c1-14(21)11-12-20(18(22)9-10-19(20)23)13-16-7-4-6-15-5-2-3-8-17(15)16/h2-8H,9-13H2,1H3. The van der Waals surface area contributed by atoms with E-state index in [2.05, 4.69) is 0 Å². The summed E-state index contributed by atoms with van der Waals surface area (Å²) in [5, 5.41) is 2.18. The van der Waals surface area contributed by atoms with Gasteiger partial charge in [0.1, 0.15) is 17.3 Å². The number of Topliss-reactive ketones (excluding diaryl/α,β-unsaturated/α-hetero) is 3. The molecule has 1 saturated carbocycles. The Morgan fingerprint density at radius 2 is 1.65 bits per heavy atom. The first-order valence-electron chi connectivity index (χ1n) is 8.06. The second-order valence-electron chi connectivity index (χ2n) is 6.45. The van der Waals surface area contributed by atoms with Gasteiger partial charge in [0.25, 0.3) is 0 Å². The minimum absolute atomic E-state index is 0.00307. The van der Waals surface area contributed by atoms with E-state index < -0.39 is 5.41 Å². The van der Waals surface area contributed by atoms with E-state index in [9.17, 15) is 14.4 Å². The van der Waals surface area contributed by atoms with E-state index in [0.29, 0.717) is 25.7 Å². The normalized spacial score (nSPS) is 16.9. The summed E-state index contributed by atoms with van der Waals surface area (Å²) in [5.74, 6) is 0.0168. The Morgan fingerprint density at radius 1 is 1.00 bits per heavy atom. The van der Waals surface area contributed by atoms with Gasteiger partial charge in [0, 0.05) is 19.3 Å². The first-order valence-corrected chi connectivity index (χ1v) is 8.06. The van der Waals surface area contributed by atoms with Crippen molar-refractivity contribution in [2.75, 3.05) is 0 Å². The number of fused-ring (bicyclic) bond motifs is 1. The predicted octanol–water partition coefficient (Wildman–Crippen LogP) is 3.67. The van der Waals surface area contributed by atoms with Crippen LogP contribution in [-0.2, 0) is 20.8 Å². The van der Waals surface area contributed by atoms with Crippen LogP contribution >= 0.6 is 0 Å². The number of hydrogen-bond donors (Lipinski definition) is 0. The van der Waals surface area contributed by atoms with Crippen molar-refractivity contribution >= 4 is 28.1 Å². The van der Waals surface area contributed by atoms with Crippen LogP contribution in [-0.4, -0.2) is 17.3 Å². The average molecular weight is 308 g/mol. The van der Waals surface area contributed by atoms with Crippen molar-refractivity contribution < 1.29 is 14.4 Å². The van der Waals surface area contributed by atoms with Crippen molar-refractivity contribution in [2.45, 2.75) is 39.0 Å². The molecule has 0 N–H and O–H groups in total. The monoisotopic (exact) mass is 308 g/mol. The lowest BCUT2D eigenvalue weighted by Gasteiger charge is -2.26. The summed E-state index contributed by atoms with van der Waals surface area (Å²) in [5.41, 5.74) is 0.00532. The topological polar surface area (TPSA) is 51.2 Å². The highest BCUT2D eigenvalue weighted by molar-refractivity contribution is 6.13. The number of carbonyl (C=O) groups is 3. The molecule has 0 aliphatic heterocycles. The molecule has 1 fully saturated rings. The molecule has 0 unspecified atom stereocenters. The summed E-state index contributed by atoms with van der Waals surface area (Å²) in [7, 11) is 0. The molecule has 1 aliphatic carbocycles. The van der Waals surface area contributed by atoms with Gasteiger partial charge in [-0.3, -0.25) is 9.59 Å². The molecule has 0 spiro atoms. The Kier molecular flexibility index (Phi) is 4.12. The van der Waals surface area contributed by atoms with E-state index in [-0.39, 0.29) is 23.8 Å². The maximum absolute atomic E-state index is 12.5. The minimum Gasteiger partial charge on any atom is -0.300 e. The number of carbonyl (C=O) groups excluding carboxylic acids is 3. The van der Waals surface area contributed by atoms with Gasteiger partial charge in [-0.05, 0) is 36.1 Å². The average Bonchev–Trinajstić information content (AvgIpc) is 2.82. The van der Waals surface area contributed by atoms with Crippen LogP contribution in [0.4, 0.5) is 0 Å². The summed E-state index contributed by atoms with van der Waals surface area (Å²) < 4.78 is 0. The zero-order valence-corrected chi connectivity index (χ0v) is 13.3. The quantitative estimate of drug-likeness (QED) is 0.792. The smallest absolute Gasteiger partial charge is 0.147 e. The summed E-state index contributed by atoms with van der Waals surface area (Å²) in [4.78, 5) is 36.5. The predicted molar refractivity (Wildman–Crippen MR) is 89.2 cm³/mol. The van der Waals surface area contributed by atoms with Gasteiger partial charge in [-0.1, -0.05) is 42.5 Å². The minimum atomic E-state index is -1.00. The zero-order valence-electron chi connectivity index (χ0n) is 13.3. The maximum atomic E-state index is 12.5.